The highest BCUT2D eigenvalue weighted by Crippen LogP contribution is 1.87. The van der Waals surface area contributed by atoms with Gasteiger partial charge in [-0.1, -0.05) is 0 Å². The van der Waals surface area contributed by atoms with E-state index in [0.29, 0.717) is 39.5 Å². The van der Waals surface area contributed by atoms with Crippen LogP contribution in [-0.4, -0.2) is 101 Å². The Kier molecular flexibility index (Phi) is 14.5. The highest BCUT2D eigenvalue weighted by atomic mass is 16.5. The number of nitrogens with one attached hydrogen (secondary N) is 2. The number of amides is 2. The molecule has 24 heavy (non-hydrogen) atoms. The molecule has 0 radical (unpaired) electrons. The Bertz CT molecular complexity index is 342. The monoisotopic (exact) mass is 346 g/mol. The zero-order chi connectivity index (χ0) is 18.2. The fraction of sp³-hybridized carbons (Fsp3) is 0.875. The van der Waals surface area contributed by atoms with Gasteiger partial charge in [-0.2, -0.15) is 0 Å². The van der Waals surface area contributed by atoms with Gasteiger partial charge in [-0.3, -0.25) is 9.59 Å². The van der Waals surface area contributed by atoms with Crippen LogP contribution in [0.3, 0.4) is 0 Å². The molecule has 0 spiro atoms. The topological polar surface area (TPSA) is 83.1 Å². The van der Waals surface area contributed by atoms with Gasteiger partial charge < -0.3 is 29.9 Å². The van der Waals surface area contributed by atoms with E-state index in [-0.39, 0.29) is 11.8 Å². The summed E-state index contributed by atoms with van der Waals surface area (Å²) < 4.78 is 11.0. The van der Waals surface area contributed by atoms with Gasteiger partial charge in [0.05, 0.1) is 26.4 Å². The van der Waals surface area contributed by atoms with Crippen molar-refractivity contribution in [1.82, 2.24) is 20.4 Å². The summed E-state index contributed by atoms with van der Waals surface area (Å²) in [5, 5.41) is 5.46. The molecule has 0 heterocycles. The first-order valence-electron chi connectivity index (χ1n) is 8.43. The van der Waals surface area contributed by atoms with E-state index in [1.807, 2.05) is 14.1 Å². The predicted octanol–water partition coefficient (Wildman–Crippen LogP) is -0.845. The zero-order valence-corrected chi connectivity index (χ0v) is 15.6. The summed E-state index contributed by atoms with van der Waals surface area (Å²) in [6.07, 6.45) is 0. The number of carbonyl (C=O) groups excluding carboxylic acids is 2. The Morgan fingerprint density at radius 2 is 1.12 bits per heavy atom. The highest BCUT2D eigenvalue weighted by molar-refractivity contribution is 5.73. The quantitative estimate of drug-likeness (QED) is 0.376. The van der Waals surface area contributed by atoms with Crippen LogP contribution < -0.4 is 10.6 Å². The maximum absolute atomic E-state index is 10.8. The van der Waals surface area contributed by atoms with Crippen molar-refractivity contribution in [3.63, 3.8) is 0 Å². The molecule has 0 bridgehead atoms. The third-order valence-electron chi connectivity index (χ3n) is 3.34. The molecule has 0 fully saturated rings. The smallest absolute Gasteiger partial charge is 0.216 e. The second kappa shape index (κ2) is 15.3. The lowest BCUT2D eigenvalue weighted by Crippen LogP contribution is -2.34. The molecule has 0 aliphatic rings. The number of likely N-dealkylation sites (N-methyl/N-ethyl adjacent to an activating group) is 2. The standard InChI is InChI=1S/C16H34N4O4/c1-15(21)17-5-7-19(3)8-13-24-14-10-20(4)9-12-23-11-6-18-16(2)22/h5-14H2,1-4H3,(H,17,21)(H,18,22). The summed E-state index contributed by atoms with van der Waals surface area (Å²) >= 11 is 0. The number of hydrogen-bond donors (Lipinski definition) is 2. The lowest BCUT2D eigenvalue weighted by atomic mass is 10.5. The Morgan fingerprint density at radius 3 is 1.62 bits per heavy atom. The molecule has 8 nitrogen and oxygen atoms in total. The lowest BCUT2D eigenvalue weighted by Gasteiger charge is -2.19. The molecule has 142 valence electrons. The van der Waals surface area contributed by atoms with Crippen LogP contribution in [0.2, 0.25) is 0 Å². The maximum Gasteiger partial charge on any atom is 0.216 e. The Labute approximate surface area is 145 Å². The van der Waals surface area contributed by atoms with Gasteiger partial charge in [-0.15, -0.1) is 0 Å². The summed E-state index contributed by atoms with van der Waals surface area (Å²) in [5.41, 5.74) is 0. The van der Waals surface area contributed by atoms with Crippen molar-refractivity contribution in [2.24, 2.45) is 0 Å². The number of hydrogen-bond acceptors (Lipinski definition) is 6. The molecule has 0 saturated heterocycles. The number of rotatable bonds is 15. The Morgan fingerprint density at radius 1 is 0.708 bits per heavy atom. The van der Waals surface area contributed by atoms with Gasteiger partial charge in [-0.25, -0.2) is 0 Å². The van der Waals surface area contributed by atoms with Crippen molar-refractivity contribution < 1.29 is 19.1 Å². The summed E-state index contributed by atoms with van der Waals surface area (Å²) in [6.45, 7) is 10.1. The van der Waals surface area contributed by atoms with Crippen LogP contribution in [0.5, 0.6) is 0 Å². The first-order chi connectivity index (χ1) is 11.4. The average Bonchev–Trinajstić information content (AvgIpc) is 2.49. The minimum absolute atomic E-state index is 0.00165. The predicted molar refractivity (Wildman–Crippen MR) is 94.0 cm³/mol. The zero-order valence-electron chi connectivity index (χ0n) is 15.6. The molecule has 0 aliphatic heterocycles. The van der Waals surface area contributed by atoms with E-state index in [2.05, 4.69) is 20.4 Å². The molecular weight excluding hydrogens is 312 g/mol. The Hall–Kier alpha value is -1.22. The minimum Gasteiger partial charge on any atom is -0.379 e. The summed E-state index contributed by atoms with van der Waals surface area (Å²) in [4.78, 5) is 25.7. The second-order valence-electron chi connectivity index (χ2n) is 5.80. The minimum atomic E-state index is -0.0337. The van der Waals surface area contributed by atoms with E-state index in [9.17, 15) is 9.59 Å². The second-order valence-corrected chi connectivity index (χ2v) is 5.80. The SMILES string of the molecule is CC(=O)NCCOCCN(C)CCOCCN(C)CCNC(C)=O. The van der Waals surface area contributed by atoms with Crippen LogP contribution in [0.1, 0.15) is 13.8 Å². The molecule has 2 amide bonds. The molecule has 0 aromatic heterocycles. The fourth-order valence-corrected chi connectivity index (χ4v) is 1.81. The Balaban J connectivity index is 3.34. The van der Waals surface area contributed by atoms with E-state index in [1.165, 1.54) is 13.8 Å². The number of carbonyl (C=O) groups is 2. The summed E-state index contributed by atoms with van der Waals surface area (Å²) in [5.74, 6) is -0.0320. The fourth-order valence-electron chi connectivity index (χ4n) is 1.81. The van der Waals surface area contributed by atoms with Crippen LogP contribution in [0, 0.1) is 0 Å². The first-order valence-corrected chi connectivity index (χ1v) is 8.43. The van der Waals surface area contributed by atoms with Crippen molar-refractivity contribution in [2.45, 2.75) is 13.8 Å². The van der Waals surface area contributed by atoms with Gasteiger partial charge >= 0.3 is 0 Å². The maximum atomic E-state index is 10.8. The van der Waals surface area contributed by atoms with Crippen LogP contribution in [-0.2, 0) is 19.1 Å². The van der Waals surface area contributed by atoms with Crippen molar-refractivity contribution in [1.29, 1.82) is 0 Å². The van der Waals surface area contributed by atoms with Crippen molar-refractivity contribution in [3.05, 3.63) is 0 Å². The van der Waals surface area contributed by atoms with Gasteiger partial charge in [0.15, 0.2) is 0 Å². The van der Waals surface area contributed by atoms with Gasteiger partial charge in [0, 0.05) is 53.1 Å². The molecule has 2 N–H and O–H groups in total. The van der Waals surface area contributed by atoms with E-state index in [1.54, 1.807) is 0 Å². The molecule has 0 rings (SSSR count). The molecule has 8 heteroatoms. The van der Waals surface area contributed by atoms with E-state index >= 15 is 0 Å². The molecule has 0 aliphatic carbocycles. The molecule has 0 aromatic carbocycles. The van der Waals surface area contributed by atoms with Crippen LogP contribution >= 0.6 is 0 Å². The van der Waals surface area contributed by atoms with E-state index in [4.69, 9.17) is 9.47 Å². The molecule has 0 aromatic rings. The summed E-state index contributed by atoms with van der Waals surface area (Å²) in [6, 6.07) is 0. The molecular formula is C16H34N4O4. The van der Waals surface area contributed by atoms with E-state index in [0.717, 1.165) is 26.2 Å². The number of nitrogens with zero attached hydrogens (tertiary/aromatic N) is 2. The third kappa shape index (κ3) is 17.1. The van der Waals surface area contributed by atoms with Crippen molar-refractivity contribution >= 4 is 11.8 Å². The van der Waals surface area contributed by atoms with Crippen LogP contribution in [0.15, 0.2) is 0 Å². The van der Waals surface area contributed by atoms with Gasteiger partial charge in [0.1, 0.15) is 0 Å². The van der Waals surface area contributed by atoms with Gasteiger partial charge in [-0.05, 0) is 14.1 Å². The van der Waals surface area contributed by atoms with Crippen LogP contribution in [0.25, 0.3) is 0 Å². The normalized spacial score (nSPS) is 11.1. The molecule has 0 unspecified atom stereocenters. The highest BCUT2D eigenvalue weighted by Gasteiger charge is 2.01. The van der Waals surface area contributed by atoms with Gasteiger partial charge in [0.2, 0.25) is 11.8 Å². The van der Waals surface area contributed by atoms with Crippen molar-refractivity contribution in [2.75, 3.05) is 79.8 Å². The third-order valence-corrected chi connectivity index (χ3v) is 3.34. The molecule has 0 atom stereocenters. The van der Waals surface area contributed by atoms with Crippen LogP contribution in [0.4, 0.5) is 0 Å². The molecule has 0 saturated carbocycles. The summed E-state index contributed by atoms with van der Waals surface area (Å²) in [7, 11) is 4.04. The van der Waals surface area contributed by atoms with Crippen molar-refractivity contribution in [3.8, 4) is 0 Å². The van der Waals surface area contributed by atoms with E-state index < -0.39 is 0 Å². The first kappa shape index (κ1) is 22.8. The van der Waals surface area contributed by atoms with Gasteiger partial charge in [0.25, 0.3) is 0 Å². The average molecular weight is 346 g/mol. The number of ether oxygens (including phenoxy) is 2. The largest absolute Gasteiger partial charge is 0.379 e. The lowest BCUT2D eigenvalue weighted by molar-refractivity contribution is -0.119.